The summed E-state index contributed by atoms with van der Waals surface area (Å²) < 4.78 is 11.6. The second-order valence-electron chi connectivity index (χ2n) is 4.70. The molecule has 0 aliphatic carbocycles. The largest absolute Gasteiger partial charge is 0.489 e. The SMILES string of the molecule is COC(=O)C(C)c1cc(Br)ccc1OCc1ccccc1. The summed E-state index contributed by atoms with van der Waals surface area (Å²) in [5.41, 5.74) is 1.89. The molecule has 0 aliphatic rings. The summed E-state index contributed by atoms with van der Waals surface area (Å²) in [6.45, 7) is 2.27. The lowest BCUT2D eigenvalue weighted by molar-refractivity contribution is -0.142. The Labute approximate surface area is 133 Å². The van der Waals surface area contributed by atoms with Crippen LogP contribution in [-0.4, -0.2) is 13.1 Å². The maximum absolute atomic E-state index is 11.8. The van der Waals surface area contributed by atoms with Crippen molar-refractivity contribution in [3.8, 4) is 5.75 Å². The summed E-state index contributed by atoms with van der Waals surface area (Å²) in [6.07, 6.45) is 0. The Morgan fingerprint density at radius 1 is 1.19 bits per heavy atom. The first-order valence-corrected chi connectivity index (χ1v) is 7.45. The fraction of sp³-hybridized carbons (Fsp3) is 0.235. The lowest BCUT2D eigenvalue weighted by atomic mass is 10.0. The van der Waals surface area contributed by atoms with Gasteiger partial charge in [-0.15, -0.1) is 0 Å². The number of methoxy groups -OCH3 is 1. The Morgan fingerprint density at radius 2 is 1.90 bits per heavy atom. The highest BCUT2D eigenvalue weighted by Crippen LogP contribution is 2.31. The fourth-order valence-electron chi connectivity index (χ4n) is 2.03. The minimum atomic E-state index is -0.377. The van der Waals surface area contributed by atoms with Gasteiger partial charge in [0.05, 0.1) is 13.0 Å². The molecule has 0 bridgehead atoms. The molecule has 2 rings (SSSR count). The smallest absolute Gasteiger partial charge is 0.312 e. The first kappa shape index (κ1) is 15.6. The standard InChI is InChI=1S/C17H17BrO3/c1-12(17(19)20-2)15-10-14(18)8-9-16(15)21-11-13-6-4-3-5-7-13/h3-10,12H,11H2,1-2H3. The number of hydrogen-bond donors (Lipinski definition) is 0. The maximum atomic E-state index is 11.8. The highest BCUT2D eigenvalue weighted by atomic mass is 79.9. The number of carbonyl (C=O) groups excluding carboxylic acids is 1. The van der Waals surface area contributed by atoms with Crippen molar-refractivity contribution in [1.29, 1.82) is 0 Å². The van der Waals surface area contributed by atoms with E-state index in [9.17, 15) is 4.79 Å². The van der Waals surface area contributed by atoms with Gasteiger partial charge < -0.3 is 9.47 Å². The van der Waals surface area contributed by atoms with E-state index in [0.29, 0.717) is 12.4 Å². The van der Waals surface area contributed by atoms with Crippen molar-refractivity contribution in [3.63, 3.8) is 0 Å². The number of benzene rings is 2. The molecule has 0 N–H and O–H groups in total. The van der Waals surface area contributed by atoms with E-state index in [4.69, 9.17) is 9.47 Å². The van der Waals surface area contributed by atoms with Crippen LogP contribution in [0, 0.1) is 0 Å². The van der Waals surface area contributed by atoms with E-state index in [1.807, 2.05) is 55.5 Å². The molecule has 4 heteroatoms. The maximum Gasteiger partial charge on any atom is 0.312 e. The molecule has 2 aromatic rings. The van der Waals surface area contributed by atoms with Crippen LogP contribution in [0.25, 0.3) is 0 Å². The van der Waals surface area contributed by atoms with Crippen LogP contribution in [-0.2, 0) is 16.1 Å². The Bertz CT molecular complexity index is 611. The first-order chi connectivity index (χ1) is 10.1. The van der Waals surface area contributed by atoms with Crippen LogP contribution in [0.4, 0.5) is 0 Å². The number of esters is 1. The molecule has 1 unspecified atom stereocenters. The Morgan fingerprint density at radius 3 is 2.57 bits per heavy atom. The van der Waals surface area contributed by atoms with Gasteiger partial charge in [-0.2, -0.15) is 0 Å². The molecule has 0 spiro atoms. The molecule has 0 heterocycles. The van der Waals surface area contributed by atoms with Gasteiger partial charge in [0.25, 0.3) is 0 Å². The molecule has 0 saturated carbocycles. The van der Waals surface area contributed by atoms with Gasteiger partial charge in [-0.05, 0) is 30.7 Å². The first-order valence-electron chi connectivity index (χ1n) is 6.66. The van der Waals surface area contributed by atoms with Crippen molar-refractivity contribution < 1.29 is 14.3 Å². The molecule has 0 aromatic heterocycles. The van der Waals surface area contributed by atoms with E-state index in [1.165, 1.54) is 7.11 Å². The molecule has 3 nitrogen and oxygen atoms in total. The van der Waals surface area contributed by atoms with Gasteiger partial charge in [-0.1, -0.05) is 46.3 Å². The summed E-state index contributed by atoms with van der Waals surface area (Å²) in [4.78, 5) is 11.8. The van der Waals surface area contributed by atoms with Crippen molar-refractivity contribution in [2.45, 2.75) is 19.4 Å². The van der Waals surface area contributed by atoms with Gasteiger partial charge in [0.1, 0.15) is 12.4 Å². The van der Waals surface area contributed by atoms with Gasteiger partial charge >= 0.3 is 5.97 Å². The van der Waals surface area contributed by atoms with Crippen molar-refractivity contribution in [1.82, 2.24) is 0 Å². The number of ether oxygens (including phenoxy) is 2. The molecular formula is C17H17BrO3. The monoisotopic (exact) mass is 348 g/mol. The minimum absolute atomic E-state index is 0.280. The number of rotatable bonds is 5. The summed E-state index contributed by atoms with van der Waals surface area (Å²) in [7, 11) is 1.39. The molecule has 2 aromatic carbocycles. The third-order valence-electron chi connectivity index (χ3n) is 3.23. The number of halogens is 1. The average Bonchev–Trinajstić information content (AvgIpc) is 2.53. The predicted molar refractivity (Wildman–Crippen MR) is 85.3 cm³/mol. The van der Waals surface area contributed by atoms with Crippen molar-refractivity contribution in [3.05, 3.63) is 64.1 Å². The third kappa shape index (κ3) is 4.08. The summed E-state index contributed by atoms with van der Waals surface area (Å²) >= 11 is 3.42. The van der Waals surface area contributed by atoms with Crippen LogP contribution in [0.1, 0.15) is 24.0 Å². The van der Waals surface area contributed by atoms with Crippen LogP contribution in [0.5, 0.6) is 5.75 Å². The van der Waals surface area contributed by atoms with Gasteiger partial charge in [0.2, 0.25) is 0 Å². The van der Waals surface area contributed by atoms with E-state index in [2.05, 4.69) is 15.9 Å². The zero-order chi connectivity index (χ0) is 15.2. The van der Waals surface area contributed by atoms with E-state index in [0.717, 1.165) is 15.6 Å². The predicted octanol–water partition coefficient (Wildman–Crippen LogP) is 4.30. The van der Waals surface area contributed by atoms with Gasteiger partial charge in [0, 0.05) is 10.0 Å². The van der Waals surface area contributed by atoms with Crippen LogP contribution in [0.15, 0.2) is 53.0 Å². The van der Waals surface area contributed by atoms with E-state index in [1.54, 1.807) is 0 Å². The average molecular weight is 349 g/mol. The van der Waals surface area contributed by atoms with Crippen LogP contribution in [0.2, 0.25) is 0 Å². The molecule has 0 aliphatic heterocycles. The van der Waals surface area contributed by atoms with Crippen LogP contribution < -0.4 is 4.74 Å². The zero-order valence-electron chi connectivity index (χ0n) is 12.0. The lowest BCUT2D eigenvalue weighted by Crippen LogP contribution is -2.12. The zero-order valence-corrected chi connectivity index (χ0v) is 13.6. The molecule has 110 valence electrons. The minimum Gasteiger partial charge on any atom is -0.489 e. The van der Waals surface area contributed by atoms with Gasteiger partial charge in [-0.3, -0.25) is 4.79 Å². The quantitative estimate of drug-likeness (QED) is 0.755. The molecule has 0 saturated heterocycles. The van der Waals surface area contributed by atoms with Crippen molar-refractivity contribution >= 4 is 21.9 Å². The second kappa shape index (κ2) is 7.27. The topological polar surface area (TPSA) is 35.5 Å². The summed E-state index contributed by atoms with van der Waals surface area (Å²) in [6, 6.07) is 15.6. The molecule has 1 atom stereocenters. The number of carbonyl (C=O) groups is 1. The Hall–Kier alpha value is -1.81. The summed E-state index contributed by atoms with van der Waals surface area (Å²) in [5, 5.41) is 0. The normalized spacial score (nSPS) is 11.8. The number of hydrogen-bond acceptors (Lipinski definition) is 3. The second-order valence-corrected chi connectivity index (χ2v) is 5.62. The van der Waals surface area contributed by atoms with E-state index >= 15 is 0 Å². The molecule has 0 fully saturated rings. The van der Waals surface area contributed by atoms with E-state index < -0.39 is 0 Å². The van der Waals surface area contributed by atoms with E-state index in [-0.39, 0.29) is 11.9 Å². The lowest BCUT2D eigenvalue weighted by Gasteiger charge is -2.16. The highest BCUT2D eigenvalue weighted by Gasteiger charge is 2.20. The van der Waals surface area contributed by atoms with Crippen molar-refractivity contribution in [2.24, 2.45) is 0 Å². The Balaban J connectivity index is 2.21. The molecule has 21 heavy (non-hydrogen) atoms. The fourth-order valence-corrected chi connectivity index (χ4v) is 2.41. The van der Waals surface area contributed by atoms with Crippen LogP contribution >= 0.6 is 15.9 Å². The van der Waals surface area contributed by atoms with Gasteiger partial charge in [-0.25, -0.2) is 0 Å². The molecule has 0 amide bonds. The Kier molecular flexibility index (Phi) is 5.39. The molecule has 0 radical (unpaired) electrons. The highest BCUT2D eigenvalue weighted by molar-refractivity contribution is 9.10. The van der Waals surface area contributed by atoms with Crippen LogP contribution in [0.3, 0.4) is 0 Å². The van der Waals surface area contributed by atoms with Crippen molar-refractivity contribution in [2.75, 3.05) is 7.11 Å². The molecular weight excluding hydrogens is 332 g/mol. The summed E-state index contributed by atoms with van der Waals surface area (Å²) in [5.74, 6) is 0.0379. The third-order valence-corrected chi connectivity index (χ3v) is 3.72. The van der Waals surface area contributed by atoms with Gasteiger partial charge in [0.15, 0.2) is 0 Å².